The largest absolute Gasteiger partial charge is 0.508 e. The predicted octanol–water partition coefficient (Wildman–Crippen LogP) is -1.95. The molecule has 220 valence electrons. The Morgan fingerprint density at radius 2 is 1.75 bits per heavy atom. The molecule has 1 aromatic carbocycles. The summed E-state index contributed by atoms with van der Waals surface area (Å²) >= 11 is 0. The van der Waals surface area contributed by atoms with E-state index in [1.165, 1.54) is 25.1 Å². The molecule has 14 nitrogen and oxygen atoms in total. The fraction of sp³-hybridized carbons (Fsp3) is 0.538. The van der Waals surface area contributed by atoms with Crippen LogP contribution in [-0.4, -0.2) is 116 Å². The summed E-state index contributed by atoms with van der Waals surface area (Å²) < 4.78 is 26.7. The molecule has 14 heteroatoms. The number of hydrogen-bond acceptors (Lipinski definition) is 14. The number of phenols is 1. The van der Waals surface area contributed by atoms with E-state index in [1.54, 1.807) is 12.1 Å². The highest BCUT2D eigenvalue weighted by atomic mass is 16.8. The highest BCUT2D eigenvalue weighted by Crippen LogP contribution is 2.53. The molecule has 0 unspecified atom stereocenters. The third-order valence-corrected chi connectivity index (χ3v) is 7.44. The molecule has 1 saturated carbocycles. The topological polar surface area (TPSA) is 222 Å². The Kier molecular flexibility index (Phi) is 8.54. The maximum atomic E-state index is 12.6. The highest BCUT2D eigenvalue weighted by molar-refractivity contribution is 5.91. The van der Waals surface area contributed by atoms with Crippen LogP contribution in [-0.2, 0) is 33.3 Å². The van der Waals surface area contributed by atoms with Gasteiger partial charge in [-0.1, -0.05) is 12.1 Å². The molecular formula is C26H32O14. The Morgan fingerprint density at radius 3 is 2.38 bits per heavy atom. The number of aromatic hydroxyl groups is 1. The van der Waals surface area contributed by atoms with E-state index in [1.807, 2.05) is 0 Å². The fourth-order valence-electron chi connectivity index (χ4n) is 5.24. The molecule has 1 aliphatic carbocycles. The van der Waals surface area contributed by atoms with Crippen LogP contribution in [0.15, 0.2) is 42.2 Å². The number of carbonyl (C=O) groups excluding carboxylic acids is 2. The van der Waals surface area contributed by atoms with Crippen molar-refractivity contribution in [3.63, 3.8) is 0 Å². The van der Waals surface area contributed by atoms with E-state index >= 15 is 0 Å². The molecule has 10 atom stereocenters. The first-order chi connectivity index (χ1) is 18.8. The summed E-state index contributed by atoms with van der Waals surface area (Å²) in [4.78, 5) is 25.1. The Balaban J connectivity index is 1.60. The SMILES string of the molecule is COC(=O)C1=CO[C@@H](O[C@H]2O[C@@H](CO)[C@@H](O)[C@@H](O)[C@@H]2O)[C@@H]2[C@@](C)(O)[C@@H](OC(=O)/C=C/c3ccc(O)cc3)C[C@]12O. The zero-order valence-electron chi connectivity index (χ0n) is 21.6. The van der Waals surface area contributed by atoms with Crippen molar-refractivity contribution in [2.45, 2.75) is 67.6 Å². The number of aliphatic hydroxyl groups excluding tert-OH is 4. The van der Waals surface area contributed by atoms with Gasteiger partial charge in [-0.3, -0.25) is 0 Å². The number of fused-ring (bicyclic) bond motifs is 1. The summed E-state index contributed by atoms with van der Waals surface area (Å²) in [5.74, 6) is -3.38. The van der Waals surface area contributed by atoms with Crippen molar-refractivity contribution < 1.29 is 69.0 Å². The lowest BCUT2D eigenvalue weighted by molar-refractivity contribution is -0.352. The Morgan fingerprint density at radius 1 is 1.07 bits per heavy atom. The smallest absolute Gasteiger partial charge is 0.339 e. The van der Waals surface area contributed by atoms with Crippen molar-refractivity contribution in [3.05, 3.63) is 47.7 Å². The van der Waals surface area contributed by atoms with Crippen LogP contribution in [0.3, 0.4) is 0 Å². The van der Waals surface area contributed by atoms with E-state index in [-0.39, 0.29) is 5.75 Å². The second-order valence-electron chi connectivity index (χ2n) is 10.0. The van der Waals surface area contributed by atoms with Crippen molar-refractivity contribution in [1.29, 1.82) is 0 Å². The molecule has 0 spiro atoms. The summed E-state index contributed by atoms with van der Waals surface area (Å²) in [6, 6.07) is 5.94. The molecule has 0 bridgehead atoms. The molecule has 40 heavy (non-hydrogen) atoms. The number of methoxy groups -OCH3 is 1. The monoisotopic (exact) mass is 568 g/mol. The second-order valence-corrected chi connectivity index (χ2v) is 10.0. The van der Waals surface area contributed by atoms with Gasteiger partial charge in [0.25, 0.3) is 0 Å². The number of carbonyl (C=O) groups is 2. The second kappa shape index (κ2) is 11.4. The summed E-state index contributed by atoms with van der Waals surface area (Å²) in [5, 5.41) is 72.7. The van der Waals surface area contributed by atoms with Gasteiger partial charge in [-0.25, -0.2) is 9.59 Å². The Hall–Kier alpha value is -3.08. The molecule has 2 fully saturated rings. The van der Waals surface area contributed by atoms with E-state index < -0.39 is 90.8 Å². The number of hydrogen-bond donors (Lipinski definition) is 7. The number of esters is 2. The van der Waals surface area contributed by atoms with Crippen LogP contribution in [0.5, 0.6) is 5.75 Å². The van der Waals surface area contributed by atoms with Gasteiger partial charge in [0.05, 0.1) is 25.9 Å². The lowest BCUT2D eigenvalue weighted by atomic mass is 9.77. The predicted molar refractivity (Wildman–Crippen MR) is 131 cm³/mol. The van der Waals surface area contributed by atoms with Crippen molar-refractivity contribution in [3.8, 4) is 5.75 Å². The summed E-state index contributed by atoms with van der Waals surface area (Å²) in [7, 11) is 1.07. The maximum Gasteiger partial charge on any atom is 0.339 e. The normalized spacial score (nSPS) is 39.2. The van der Waals surface area contributed by atoms with Crippen LogP contribution >= 0.6 is 0 Å². The average Bonchev–Trinajstić information content (AvgIpc) is 3.13. The van der Waals surface area contributed by atoms with E-state index in [4.69, 9.17) is 23.7 Å². The molecule has 3 aliphatic rings. The van der Waals surface area contributed by atoms with E-state index in [0.29, 0.717) is 5.56 Å². The summed E-state index contributed by atoms with van der Waals surface area (Å²) in [6.45, 7) is 0.494. The van der Waals surface area contributed by atoms with Crippen molar-refractivity contribution in [2.75, 3.05) is 13.7 Å². The van der Waals surface area contributed by atoms with Gasteiger partial charge < -0.3 is 59.4 Å². The van der Waals surface area contributed by atoms with Gasteiger partial charge in [-0.2, -0.15) is 0 Å². The van der Waals surface area contributed by atoms with Crippen LogP contribution in [0.4, 0.5) is 0 Å². The van der Waals surface area contributed by atoms with Gasteiger partial charge >= 0.3 is 11.9 Å². The van der Waals surface area contributed by atoms with Crippen LogP contribution in [0, 0.1) is 5.92 Å². The van der Waals surface area contributed by atoms with Gasteiger partial charge in [-0.05, 0) is 30.7 Å². The summed E-state index contributed by atoms with van der Waals surface area (Å²) in [5.41, 5.74) is -4.16. The standard InChI is InChI=1S/C26H32O14/c1-25(34)16(39-17(29)8-5-12-3-6-13(28)7-4-12)9-26(35)14(22(33)36-2)11-37-24(21(25)26)40-23-20(32)19(31)18(30)15(10-27)38-23/h3-8,11,15-16,18-21,23-24,27-28,30-32,34-35H,9-10H2,1-2H3/b8-5+/t15-,16-,18+,19+,20-,21+,23+,24-,25-,26-/m0/s1. The molecular weight excluding hydrogens is 536 g/mol. The molecule has 0 radical (unpaired) electrons. The number of rotatable bonds is 7. The van der Waals surface area contributed by atoms with Crippen molar-refractivity contribution in [1.82, 2.24) is 0 Å². The van der Waals surface area contributed by atoms with Crippen LogP contribution in [0.2, 0.25) is 0 Å². The minimum Gasteiger partial charge on any atom is -0.508 e. The lowest BCUT2D eigenvalue weighted by Crippen LogP contribution is -2.62. The molecule has 2 aliphatic heterocycles. The van der Waals surface area contributed by atoms with Gasteiger partial charge in [-0.15, -0.1) is 0 Å². The Labute approximate surface area is 228 Å². The van der Waals surface area contributed by atoms with Crippen molar-refractivity contribution in [2.24, 2.45) is 5.92 Å². The lowest BCUT2D eigenvalue weighted by Gasteiger charge is -2.46. The Bertz CT molecular complexity index is 1140. The first-order valence-electron chi connectivity index (χ1n) is 12.4. The van der Waals surface area contributed by atoms with E-state index in [2.05, 4.69) is 0 Å². The van der Waals surface area contributed by atoms with E-state index in [0.717, 1.165) is 19.4 Å². The van der Waals surface area contributed by atoms with Gasteiger partial charge in [0, 0.05) is 12.5 Å². The average molecular weight is 569 g/mol. The van der Waals surface area contributed by atoms with E-state index in [9.17, 15) is 45.3 Å². The number of phenolic OH excluding ortho intramolecular Hbond substituents is 1. The number of aliphatic hydroxyl groups is 6. The minimum atomic E-state index is -2.22. The zero-order chi connectivity index (χ0) is 29.4. The molecule has 4 rings (SSSR count). The number of benzene rings is 1. The molecule has 2 heterocycles. The maximum absolute atomic E-state index is 12.6. The van der Waals surface area contributed by atoms with Crippen molar-refractivity contribution >= 4 is 18.0 Å². The fourth-order valence-corrected chi connectivity index (χ4v) is 5.24. The molecule has 1 aromatic rings. The molecule has 7 N–H and O–H groups in total. The van der Waals surface area contributed by atoms with Crippen LogP contribution < -0.4 is 0 Å². The third kappa shape index (κ3) is 5.44. The van der Waals surface area contributed by atoms with Gasteiger partial charge in [0.15, 0.2) is 6.29 Å². The molecule has 0 amide bonds. The van der Waals surface area contributed by atoms with Gasteiger partial charge in [0.1, 0.15) is 53.0 Å². The number of ether oxygens (including phenoxy) is 5. The first-order valence-corrected chi connectivity index (χ1v) is 12.4. The molecule has 1 saturated heterocycles. The third-order valence-electron chi connectivity index (χ3n) is 7.44. The minimum absolute atomic E-state index is 0.0368. The molecule has 0 aromatic heterocycles. The highest BCUT2D eigenvalue weighted by Gasteiger charge is 2.69. The van der Waals surface area contributed by atoms with Crippen LogP contribution in [0.1, 0.15) is 18.9 Å². The summed E-state index contributed by atoms with van der Waals surface area (Å²) in [6.07, 6.45) is -8.50. The van der Waals surface area contributed by atoms with Crippen LogP contribution in [0.25, 0.3) is 6.08 Å². The quantitative estimate of drug-likeness (QED) is 0.140. The zero-order valence-corrected chi connectivity index (χ0v) is 21.6. The first kappa shape index (κ1) is 29.9. The van der Waals surface area contributed by atoms with Gasteiger partial charge in [0.2, 0.25) is 6.29 Å².